The molecule has 2 aromatic carbocycles. The Morgan fingerprint density at radius 2 is 1.75 bits per heavy atom. The molecule has 1 aliphatic heterocycles. The molecule has 1 saturated heterocycles. The SMILES string of the molecule is COc1cc(Cl)cc(C=C(CNC(=O)OCc2ccccc2)B2OC(C)(C)C(C)(C)O2)c1. The summed E-state index contributed by atoms with van der Waals surface area (Å²) < 4.78 is 23.0. The number of rotatable bonds is 7. The Kier molecular flexibility index (Phi) is 7.54. The molecule has 1 amide bonds. The van der Waals surface area contributed by atoms with Gasteiger partial charge in [-0.2, -0.15) is 0 Å². The molecule has 6 nitrogen and oxygen atoms in total. The molecule has 1 heterocycles. The van der Waals surface area contributed by atoms with E-state index in [2.05, 4.69) is 5.32 Å². The van der Waals surface area contributed by atoms with Gasteiger partial charge < -0.3 is 24.1 Å². The topological polar surface area (TPSA) is 66.0 Å². The van der Waals surface area contributed by atoms with Crippen LogP contribution in [0.2, 0.25) is 5.02 Å². The molecule has 1 fully saturated rings. The van der Waals surface area contributed by atoms with E-state index in [-0.39, 0.29) is 13.2 Å². The first-order valence-electron chi connectivity index (χ1n) is 10.4. The minimum atomic E-state index is -0.639. The summed E-state index contributed by atoms with van der Waals surface area (Å²) in [6.07, 6.45) is 1.36. The van der Waals surface area contributed by atoms with Crippen molar-refractivity contribution in [2.24, 2.45) is 0 Å². The third-order valence-corrected chi connectivity index (χ3v) is 5.91. The molecule has 0 saturated carbocycles. The number of benzene rings is 2. The number of amides is 1. The van der Waals surface area contributed by atoms with Crippen molar-refractivity contribution in [1.82, 2.24) is 5.32 Å². The van der Waals surface area contributed by atoms with Crippen molar-refractivity contribution in [3.63, 3.8) is 0 Å². The summed E-state index contributed by atoms with van der Waals surface area (Å²) in [5.74, 6) is 0.632. The second-order valence-electron chi connectivity index (χ2n) is 8.65. The minimum Gasteiger partial charge on any atom is -0.497 e. The predicted octanol–water partition coefficient (Wildman–Crippen LogP) is 5.29. The molecule has 170 valence electrons. The average molecular weight is 458 g/mol. The van der Waals surface area contributed by atoms with Crippen LogP contribution in [0.15, 0.2) is 54.0 Å². The van der Waals surface area contributed by atoms with Crippen molar-refractivity contribution in [3.05, 3.63) is 70.2 Å². The van der Waals surface area contributed by atoms with Gasteiger partial charge in [-0.3, -0.25) is 0 Å². The second-order valence-corrected chi connectivity index (χ2v) is 9.08. The van der Waals surface area contributed by atoms with Crippen molar-refractivity contribution < 1.29 is 23.6 Å². The van der Waals surface area contributed by atoms with Gasteiger partial charge in [0.25, 0.3) is 0 Å². The Bertz CT molecular complexity index is 962. The molecule has 3 rings (SSSR count). The second kappa shape index (κ2) is 9.98. The highest BCUT2D eigenvalue weighted by atomic mass is 35.5. The Hall–Kier alpha value is -2.48. The summed E-state index contributed by atoms with van der Waals surface area (Å²) in [4.78, 5) is 12.3. The number of hydrogen-bond acceptors (Lipinski definition) is 5. The van der Waals surface area contributed by atoms with E-state index in [1.807, 2.05) is 76.2 Å². The summed E-state index contributed by atoms with van der Waals surface area (Å²) in [5, 5.41) is 3.34. The lowest BCUT2D eigenvalue weighted by molar-refractivity contribution is 0.00578. The number of halogens is 1. The summed E-state index contributed by atoms with van der Waals surface area (Å²) in [6.45, 7) is 8.29. The Morgan fingerprint density at radius 1 is 1.09 bits per heavy atom. The van der Waals surface area contributed by atoms with Gasteiger partial charge in [0.2, 0.25) is 0 Å². The van der Waals surface area contributed by atoms with Crippen LogP contribution in [-0.4, -0.2) is 38.1 Å². The maximum absolute atomic E-state index is 12.3. The molecule has 0 bridgehead atoms. The van der Waals surface area contributed by atoms with E-state index in [0.29, 0.717) is 10.8 Å². The number of carbonyl (C=O) groups excluding carboxylic acids is 1. The zero-order valence-corrected chi connectivity index (χ0v) is 19.9. The monoisotopic (exact) mass is 457 g/mol. The third kappa shape index (κ3) is 6.06. The fraction of sp³-hybridized carbons (Fsp3) is 0.375. The maximum atomic E-state index is 12.3. The summed E-state index contributed by atoms with van der Waals surface area (Å²) in [5.41, 5.74) is 1.41. The molecule has 0 aromatic heterocycles. The third-order valence-electron chi connectivity index (χ3n) is 5.69. The van der Waals surface area contributed by atoms with Gasteiger partial charge in [0.1, 0.15) is 12.4 Å². The van der Waals surface area contributed by atoms with Gasteiger partial charge in [0, 0.05) is 11.6 Å². The van der Waals surface area contributed by atoms with Crippen LogP contribution in [0.4, 0.5) is 4.79 Å². The van der Waals surface area contributed by atoms with E-state index in [0.717, 1.165) is 16.6 Å². The predicted molar refractivity (Wildman–Crippen MR) is 127 cm³/mol. The maximum Gasteiger partial charge on any atom is 0.492 e. The largest absolute Gasteiger partial charge is 0.497 e. The number of carbonyl (C=O) groups is 1. The number of hydrogen-bond donors (Lipinski definition) is 1. The smallest absolute Gasteiger partial charge is 0.492 e. The molecular weight excluding hydrogens is 429 g/mol. The first-order valence-corrected chi connectivity index (χ1v) is 10.8. The van der Waals surface area contributed by atoms with Crippen LogP contribution in [-0.2, 0) is 20.7 Å². The van der Waals surface area contributed by atoms with E-state index in [4.69, 9.17) is 30.4 Å². The number of alkyl carbamates (subject to hydrolysis) is 1. The van der Waals surface area contributed by atoms with Crippen molar-refractivity contribution in [2.75, 3.05) is 13.7 Å². The van der Waals surface area contributed by atoms with Crippen LogP contribution in [0.5, 0.6) is 5.75 Å². The van der Waals surface area contributed by atoms with Crippen LogP contribution in [0, 0.1) is 0 Å². The normalized spacial score (nSPS) is 17.2. The Labute approximate surface area is 195 Å². The van der Waals surface area contributed by atoms with Crippen molar-refractivity contribution in [2.45, 2.75) is 45.5 Å². The standard InChI is InChI=1S/C24H29BClNO5/c1-23(2)24(3,4)32-25(31-23)19(11-18-12-20(26)14-21(13-18)29-5)15-27-22(28)30-16-17-9-7-6-8-10-17/h6-14H,15-16H2,1-5H3,(H,27,28). The lowest BCUT2D eigenvalue weighted by Gasteiger charge is -2.32. The molecule has 0 atom stereocenters. The first-order chi connectivity index (χ1) is 15.1. The number of methoxy groups -OCH3 is 1. The van der Waals surface area contributed by atoms with Gasteiger partial charge in [0.15, 0.2) is 0 Å². The lowest BCUT2D eigenvalue weighted by Crippen LogP contribution is -2.41. The van der Waals surface area contributed by atoms with Gasteiger partial charge >= 0.3 is 13.2 Å². The number of ether oxygens (including phenoxy) is 2. The molecule has 1 N–H and O–H groups in total. The van der Waals surface area contributed by atoms with Crippen LogP contribution >= 0.6 is 11.6 Å². The fourth-order valence-corrected chi connectivity index (χ4v) is 3.38. The molecular formula is C24H29BClNO5. The highest BCUT2D eigenvalue weighted by Crippen LogP contribution is 2.39. The Balaban J connectivity index is 1.76. The molecule has 32 heavy (non-hydrogen) atoms. The molecule has 0 spiro atoms. The van der Waals surface area contributed by atoms with Gasteiger partial charge in [-0.1, -0.05) is 48.0 Å². The van der Waals surface area contributed by atoms with Crippen LogP contribution < -0.4 is 10.1 Å². The molecule has 0 aliphatic carbocycles. The number of nitrogens with one attached hydrogen (secondary N) is 1. The van der Waals surface area contributed by atoms with Crippen molar-refractivity contribution in [3.8, 4) is 5.75 Å². The van der Waals surface area contributed by atoms with Crippen LogP contribution in [0.1, 0.15) is 38.8 Å². The van der Waals surface area contributed by atoms with Crippen LogP contribution in [0.25, 0.3) is 6.08 Å². The molecule has 1 aliphatic rings. The van der Waals surface area contributed by atoms with Crippen molar-refractivity contribution >= 4 is 30.9 Å². The summed E-state index contributed by atoms with van der Waals surface area (Å²) in [6, 6.07) is 14.9. The quantitative estimate of drug-likeness (QED) is 0.572. The average Bonchev–Trinajstić information content (AvgIpc) is 2.96. The van der Waals surface area contributed by atoms with Crippen molar-refractivity contribution in [1.29, 1.82) is 0 Å². The molecule has 0 unspecified atom stereocenters. The van der Waals surface area contributed by atoms with Gasteiger partial charge in [0.05, 0.1) is 18.3 Å². The summed E-state index contributed by atoms with van der Waals surface area (Å²) in [7, 11) is 0.942. The van der Waals surface area contributed by atoms with E-state index in [1.165, 1.54) is 0 Å². The molecule has 8 heteroatoms. The highest BCUT2D eigenvalue weighted by Gasteiger charge is 2.52. The van der Waals surface area contributed by atoms with E-state index < -0.39 is 24.4 Å². The minimum absolute atomic E-state index is 0.180. The van der Waals surface area contributed by atoms with Crippen LogP contribution in [0.3, 0.4) is 0 Å². The summed E-state index contributed by atoms with van der Waals surface area (Å²) >= 11 is 6.23. The molecule has 2 aromatic rings. The van der Waals surface area contributed by atoms with E-state index >= 15 is 0 Å². The van der Waals surface area contributed by atoms with Gasteiger partial charge in [-0.25, -0.2) is 4.79 Å². The zero-order chi connectivity index (χ0) is 23.4. The first kappa shape index (κ1) is 24.2. The Morgan fingerprint density at radius 3 is 2.38 bits per heavy atom. The molecule has 0 radical (unpaired) electrons. The highest BCUT2D eigenvalue weighted by molar-refractivity contribution is 6.56. The van der Waals surface area contributed by atoms with E-state index in [1.54, 1.807) is 13.2 Å². The van der Waals surface area contributed by atoms with E-state index in [9.17, 15) is 4.79 Å². The van der Waals surface area contributed by atoms with Gasteiger partial charge in [-0.15, -0.1) is 0 Å². The zero-order valence-electron chi connectivity index (χ0n) is 19.1. The fourth-order valence-electron chi connectivity index (χ4n) is 3.14. The lowest BCUT2D eigenvalue weighted by atomic mass is 9.77. The van der Waals surface area contributed by atoms with Gasteiger partial charge in [-0.05, 0) is 62.5 Å².